The maximum absolute atomic E-state index is 9.11. The molecule has 3 heteroatoms. The Balaban J connectivity index is 2.37. The Kier molecular flexibility index (Phi) is 4.04. The standard InChI is InChI=1S/C15H16BrNO/c1-11-4-3-5-13(8-11)17(2)15-7-6-12(10-18)9-14(15)16/h3-9,18H,10H2,1-2H3. The number of aryl methyl sites for hydroxylation is 1. The molecule has 0 atom stereocenters. The number of hydrogen-bond donors (Lipinski definition) is 1. The fourth-order valence-electron chi connectivity index (χ4n) is 1.90. The molecule has 0 bridgehead atoms. The molecule has 94 valence electrons. The number of nitrogens with zero attached hydrogens (tertiary/aromatic N) is 1. The summed E-state index contributed by atoms with van der Waals surface area (Å²) in [6.07, 6.45) is 0. The van der Waals surface area contributed by atoms with E-state index in [2.05, 4.69) is 52.0 Å². The molecule has 0 saturated carbocycles. The third-order valence-electron chi connectivity index (χ3n) is 2.94. The molecular weight excluding hydrogens is 290 g/mol. The number of aliphatic hydroxyl groups excluding tert-OH is 1. The van der Waals surface area contributed by atoms with Gasteiger partial charge in [0, 0.05) is 17.2 Å². The molecule has 2 nitrogen and oxygen atoms in total. The number of anilines is 2. The van der Waals surface area contributed by atoms with Crippen LogP contribution in [0.15, 0.2) is 46.9 Å². The highest BCUT2D eigenvalue weighted by atomic mass is 79.9. The summed E-state index contributed by atoms with van der Waals surface area (Å²) in [4.78, 5) is 2.12. The molecule has 0 radical (unpaired) electrons. The minimum absolute atomic E-state index is 0.0625. The Morgan fingerprint density at radius 3 is 2.56 bits per heavy atom. The summed E-state index contributed by atoms with van der Waals surface area (Å²) in [7, 11) is 2.04. The Morgan fingerprint density at radius 2 is 1.94 bits per heavy atom. The van der Waals surface area contributed by atoms with E-state index >= 15 is 0 Å². The van der Waals surface area contributed by atoms with Gasteiger partial charge in [0.25, 0.3) is 0 Å². The lowest BCUT2D eigenvalue weighted by atomic mass is 10.1. The summed E-state index contributed by atoms with van der Waals surface area (Å²) in [6, 6.07) is 14.3. The van der Waals surface area contributed by atoms with Crippen LogP contribution in [0, 0.1) is 6.92 Å². The first-order chi connectivity index (χ1) is 8.61. The van der Waals surface area contributed by atoms with Crippen LogP contribution in [0.3, 0.4) is 0 Å². The van der Waals surface area contributed by atoms with Crippen molar-refractivity contribution in [3.05, 3.63) is 58.1 Å². The van der Waals surface area contributed by atoms with Crippen molar-refractivity contribution in [1.82, 2.24) is 0 Å². The number of aliphatic hydroxyl groups is 1. The van der Waals surface area contributed by atoms with Crippen LogP contribution in [0.25, 0.3) is 0 Å². The fourth-order valence-corrected chi connectivity index (χ4v) is 2.59. The Labute approximate surface area is 116 Å². The van der Waals surface area contributed by atoms with Crippen molar-refractivity contribution in [3.63, 3.8) is 0 Å². The van der Waals surface area contributed by atoms with Gasteiger partial charge in [-0.2, -0.15) is 0 Å². The zero-order valence-corrected chi connectivity index (χ0v) is 12.1. The van der Waals surface area contributed by atoms with E-state index in [1.807, 2.05) is 25.2 Å². The summed E-state index contributed by atoms with van der Waals surface area (Å²) in [5.74, 6) is 0. The lowest BCUT2D eigenvalue weighted by molar-refractivity contribution is 0.282. The van der Waals surface area contributed by atoms with E-state index in [9.17, 15) is 0 Å². The van der Waals surface area contributed by atoms with Crippen LogP contribution in [-0.2, 0) is 6.61 Å². The predicted molar refractivity (Wildman–Crippen MR) is 79.3 cm³/mol. The largest absolute Gasteiger partial charge is 0.392 e. The van der Waals surface area contributed by atoms with Gasteiger partial charge in [0.05, 0.1) is 12.3 Å². The number of benzene rings is 2. The molecule has 2 rings (SSSR count). The Morgan fingerprint density at radius 1 is 1.17 bits per heavy atom. The highest BCUT2D eigenvalue weighted by Crippen LogP contribution is 2.31. The zero-order valence-electron chi connectivity index (χ0n) is 10.5. The summed E-state index contributed by atoms with van der Waals surface area (Å²) in [5.41, 5.74) is 4.37. The molecule has 0 spiro atoms. The minimum atomic E-state index is 0.0625. The smallest absolute Gasteiger partial charge is 0.0682 e. The molecule has 18 heavy (non-hydrogen) atoms. The van der Waals surface area contributed by atoms with Crippen LogP contribution in [0.4, 0.5) is 11.4 Å². The van der Waals surface area contributed by atoms with Crippen molar-refractivity contribution in [2.45, 2.75) is 13.5 Å². The van der Waals surface area contributed by atoms with Gasteiger partial charge < -0.3 is 10.0 Å². The first-order valence-corrected chi connectivity index (χ1v) is 6.61. The van der Waals surface area contributed by atoms with Gasteiger partial charge in [-0.25, -0.2) is 0 Å². The SMILES string of the molecule is Cc1cccc(N(C)c2ccc(CO)cc2Br)c1. The maximum atomic E-state index is 9.11. The topological polar surface area (TPSA) is 23.5 Å². The molecule has 0 heterocycles. The number of hydrogen-bond acceptors (Lipinski definition) is 2. The lowest BCUT2D eigenvalue weighted by Gasteiger charge is -2.21. The van der Waals surface area contributed by atoms with Gasteiger partial charge in [-0.1, -0.05) is 18.2 Å². The first-order valence-electron chi connectivity index (χ1n) is 5.81. The average molecular weight is 306 g/mol. The summed E-state index contributed by atoms with van der Waals surface area (Å²) >= 11 is 3.55. The second-order valence-corrected chi connectivity index (χ2v) is 5.20. The summed E-state index contributed by atoms with van der Waals surface area (Å²) in [5, 5.41) is 9.11. The van der Waals surface area contributed by atoms with E-state index in [-0.39, 0.29) is 6.61 Å². The van der Waals surface area contributed by atoms with E-state index in [0.717, 1.165) is 21.4 Å². The lowest BCUT2D eigenvalue weighted by Crippen LogP contribution is -2.10. The number of rotatable bonds is 3. The van der Waals surface area contributed by atoms with Gasteiger partial charge in [0.1, 0.15) is 0 Å². The van der Waals surface area contributed by atoms with Crippen molar-refractivity contribution in [2.24, 2.45) is 0 Å². The molecule has 0 fully saturated rings. The van der Waals surface area contributed by atoms with Gasteiger partial charge in [-0.15, -0.1) is 0 Å². The van der Waals surface area contributed by atoms with Crippen molar-refractivity contribution < 1.29 is 5.11 Å². The normalized spacial score (nSPS) is 10.4. The third kappa shape index (κ3) is 2.74. The van der Waals surface area contributed by atoms with Crippen molar-refractivity contribution in [1.29, 1.82) is 0 Å². The minimum Gasteiger partial charge on any atom is -0.392 e. The van der Waals surface area contributed by atoms with Crippen molar-refractivity contribution >= 4 is 27.3 Å². The molecule has 0 aliphatic heterocycles. The molecule has 0 aliphatic carbocycles. The predicted octanol–water partition coefficient (Wildman–Crippen LogP) is 4.02. The van der Waals surface area contributed by atoms with Gasteiger partial charge in [0.2, 0.25) is 0 Å². The molecule has 2 aromatic carbocycles. The van der Waals surface area contributed by atoms with E-state index in [1.165, 1.54) is 5.56 Å². The van der Waals surface area contributed by atoms with E-state index in [0.29, 0.717) is 0 Å². The van der Waals surface area contributed by atoms with Crippen LogP contribution in [0.1, 0.15) is 11.1 Å². The van der Waals surface area contributed by atoms with Crippen LogP contribution in [0.2, 0.25) is 0 Å². The zero-order chi connectivity index (χ0) is 13.1. The van der Waals surface area contributed by atoms with Crippen molar-refractivity contribution in [2.75, 3.05) is 11.9 Å². The molecular formula is C15H16BrNO. The summed E-state index contributed by atoms with van der Waals surface area (Å²) < 4.78 is 0.984. The maximum Gasteiger partial charge on any atom is 0.0682 e. The van der Waals surface area contributed by atoms with Gasteiger partial charge in [0.15, 0.2) is 0 Å². The highest BCUT2D eigenvalue weighted by Gasteiger charge is 2.08. The van der Waals surface area contributed by atoms with Gasteiger partial charge >= 0.3 is 0 Å². The van der Waals surface area contributed by atoms with E-state index < -0.39 is 0 Å². The Hall–Kier alpha value is -1.32. The number of halogens is 1. The average Bonchev–Trinajstić information content (AvgIpc) is 2.37. The first kappa shape index (κ1) is 13.1. The molecule has 1 N–H and O–H groups in total. The van der Waals surface area contributed by atoms with Crippen molar-refractivity contribution in [3.8, 4) is 0 Å². The quantitative estimate of drug-likeness (QED) is 0.926. The highest BCUT2D eigenvalue weighted by molar-refractivity contribution is 9.10. The van der Waals surface area contributed by atoms with Gasteiger partial charge in [-0.3, -0.25) is 0 Å². The molecule has 0 unspecified atom stereocenters. The molecule has 0 aromatic heterocycles. The van der Waals surface area contributed by atoms with Crippen LogP contribution < -0.4 is 4.90 Å². The van der Waals surface area contributed by atoms with E-state index in [1.54, 1.807) is 0 Å². The fraction of sp³-hybridized carbons (Fsp3) is 0.200. The monoisotopic (exact) mass is 305 g/mol. The summed E-state index contributed by atoms with van der Waals surface area (Å²) in [6.45, 7) is 2.15. The van der Waals surface area contributed by atoms with Crippen LogP contribution in [-0.4, -0.2) is 12.2 Å². The Bertz CT molecular complexity index is 554. The van der Waals surface area contributed by atoms with Crippen LogP contribution in [0.5, 0.6) is 0 Å². The van der Waals surface area contributed by atoms with Crippen LogP contribution >= 0.6 is 15.9 Å². The van der Waals surface area contributed by atoms with E-state index in [4.69, 9.17) is 5.11 Å². The third-order valence-corrected chi connectivity index (χ3v) is 3.58. The molecule has 2 aromatic rings. The molecule has 0 amide bonds. The second-order valence-electron chi connectivity index (χ2n) is 4.34. The molecule has 0 saturated heterocycles. The second kappa shape index (κ2) is 5.55. The molecule has 0 aliphatic rings. The van der Waals surface area contributed by atoms with Gasteiger partial charge in [-0.05, 0) is 58.2 Å².